The van der Waals surface area contributed by atoms with Gasteiger partial charge < -0.3 is 0 Å². The molecule has 0 amide bonds. The third kappa shape index (κ3) is 4.64. The van der Waals surface area contributed by atoms with Crippen LogP contribution in [0.15, 0.2) is 60.7 Å². The summed E-state index contributed by atoms with van der Waals surface area (Å²) in [6, 6.07) is 17.6. The average molecular weight is 508 g/mol. The third-order valence-electron chi connectivity index (χ3n) is 3.65. The minimum absolute atomic E-state index is 0.406. The van der Waals surface area contributed by atoms with Gasteiger partial charge in [0.15, 0.2) is 0 Å². The van der Waals surface area contributed by atoms with E-state index < -0.39 is 34.0 Å². The van der Waals surface area contributed by atoms with Crippen molar-refractivity contribution in [2.45, 2.75) is 21.8 Å². The predicted octanol–water partition coefficient (Wildman–Crippen LogP) is 4.18. The molecule has 0 spiro atoms. The quantitative estimate of drug-likeness (QED) is 0.551. The van der Waals surface area contributed by atoms with Crippen molar-refractivity contribution in [3.63, 3.8) is 0 Å². The molecule has 5 heteroatoms. The molecule has 2 aromatic rings. The van der Waals surface area contributed by atoms with Crippen molar-refractivity contribution in [2.24, 2.45) is 0 Å². The van der Waals surface area contributed by atoms with E-state index >= 15 is 0 Å². The summed E-state index contributed by atoms with van der Waals surface area (Å²) in [7, 11) is 0. The molecule has 0 N–H and O–H groups in total. The average Bonchev–Trinajstić information content (AvgIpc) is 2.62. The van der Waals surface area contributed by atoms with Crippen molar-refractivity contribution in [1.29, 1.82) is 0 Å². The molecule has 0 aliphatic heterocycles. The minimum atomic E-state index is -3.94. The van der Waals surface area contributed by atoms with E-state index in [0.717, 1.165) is 0 Å². The molecule has 120 valence electrons. The number of carbonyl (C=O) groups is 2. The van der Waals surface area contributed by atoms with Crippen LogP contribution in [0.1, 0.15) is 34.6 Å². The van der Waals surface area contributed by atoms with Crippen LogP contribution in [0.25, 0.3) is 0 Å². The van der Waals surface area contributed by atoms with Gasteiger partial charge >= 0.3 is 143 Å². The first-order chi connectivity index (χ1) is 11.1. The monoisotopic (exact) mass is 508 g/mol. The third-order valence-corrected chi connectivity index (χ3v) is 16.4. The zero-order chi connectivity index (χ0) is 16.7. The van der Waals surface area contributed by atoms with Crippen LogP contribution in [0.4, 0.5) is 0 Å². The molecule has 0 saturated carbocycles. The van der Waals surface area contributed by atoms with E-state index in [-0.39, 0.29) is 0 Å². The first kappa shape index (κ1) is 17.7. The van der Waals surface area contributed by atoms with Crippen molar-refractivity contribution in [3.8, 4) is 0 Å². The van der Waals surface area contributed by atoms with E-state index in [9.17, 15) is 9.59 Å². The molecule has 0 fully saturated rings. The number of rotatable bonds is 6. The Labute approximate surface area is 142 Å². The summed E-state index contributed by atoms with van der Waals surface area (Å²) < 4.78 is 12.7. The number of hydrogen-bond acceptors (Lipinski definition) is 4. The van der Waals surface area contributed by atoms with Gasteiger partial charge in [-0.3, -0.25) is 0 Å². The molecule has 0 unspecified atom stereocenters. The summed E-state index contributed by atoms with van der Waals surface area (Å²) in [5, 5.41) is 0. The molecule has 4 nitrogen and oxygen atoms in total. The summed E-state index contributed by atoms with van der Waals surface area (Å²) in [6.07, 6.45) is 0. The van der Waals surface area contributed by atoms with Gasteiger partial charge in [-0.2, -0.15) is 0 Å². The predicted molar refractivity (Wildman–Crippen MR) is 90.4 cm³/mol. The summed E-state index contributed by atoms with van der Waals surface area (Å²) >= 11 is -3.94. The summed E-state index contributed by atoms with van der Waals surface area (Å²) in [4.78, 5) is 24.7. The van der Waals surface area contributed by atoms with Crippen LogP contribution in [0.2, 0.25) is 7.96 Å². The Morgan fingerprint density at radius 3 is 1.39 bits per heavy atom. The summed E-state index contributed by atoms with van der Waals surface area (Å²) in [6.45, 7) is 3.84. The van der Waals surface area contributed by atoms with Gasteiger partial charge in [0.05, 0.1) is 0 Å². The first-order valence-corrected chi connectivity index (χ1v) is 16.3. The molecule has 23 heavy (non-hydrogen) atoms. The second kappa shape index (κ2) is 8.24. The van der Waals surface area contributed by atoms with Gasteiger partial charge in [0.2, 0.25) is 0 Å². The standard InChI is InChI=1S/2C7H6O2.2C2H5.Pb/c2*8-7(9)6-4-2-1-3-5-6;2*1-2;/h2*1-5H,(H,8,9);2*1H2,2H3;/q;;;;+2/p-2. The van der Waals surface area contributed by atoms with E-state index in [2.05, 4.69) is 0 Å². The molecular weight excluding hydrogens is 487 g/mol. The van der Waals surface area contributed by atoms with Crippen molar-refractivity contribution >= 4 is 34.0 Å². The van der Waals surface area contributed by atoms with E-state index in [1.54, 1.807) is 48.5 Å². The molecule has 0 aliphatic rings. The Morgan fingerprint density at radius 2 is 1.09 bits per heavy atom. The van der Waals surface area contributed by atoms with Crippen LogP contribution < -0.4 is 0 Å². The van der Waals surface area contributed by atoms with Crippen LogP contribution in [-0.2, 0) is 5.37 Å². The van der Waals surface area contributed by atoms with Gasteiger partial charge in [0.25, 0.3) is 0 Å². The fraction of sp³-hybridized carbons (Fsp3) is 0.222. The van der Waals surface area contributed by atoms with Crippen LogP contribution in [-0.4, -0.2) is 34.0 Å². The fourth-order valence-electron chi connectivity index (χ4n) is 2.16. The second-order valence-electron chi connectivity index (χ2n) is 5.13. The van der Waals surface area contributed by atoms with Crippen molar-refractivity contribution < 1.29 is 15.0 Å². The summed E-state index contributed by atoms with van der Waals surface area (Å²) in [5.41, 5.74) is 0.962. The Balaban J connectivity index is 2.15. The molecule has 0 atom stereocenters. The second-order valence-corrected chi connectivity index (χ2v) is 19.3. The van der Waals surface area contributed by atoms with Crippen LogP contribution in [0.3, 0.4) is 0 Å². The van der Waals surface area contributed by atoms with Gasteiger partial charge in [0, 0.05) is 0 Å². The van der Waals surface area contributed by atoms with Gasteiger partial charge in [-0.25, -0.2) is 0 Å². The maximum atomic E-state index is 12.3. The Bertz CT molecular complexity index is 596. The van der Waals surface area contributed by atoms with Crippen molar-refractivity contribution in [3.05, 3.63) is 71.8 Å². The molecule has 0 aromatic heterocycles. The van der Waals surface area contributed by atoms with Gasteiger partial charge in [-0.05, 0) is 0 Å². The van der Waals surface area contributed by atoms with E-state index in [0.29, 0.717) is 19.1 Å². The van der Waals surface area contributed by atoms with Crippen molar-refractivity contribution in [1.82, 2.24) is 0 Å². The zero-order valence-electron chi connectivity index (χ0n) is 13.3. The van der Waals surface area contributed by atoms with E-state index in [4.69, 9.17) is 5.37 Å². The van der Waals surface area contributed by atoms with Gasteiger partial charge in [-0.15, -0.1) is 0 Å². The van der Waals surface area contributed by atoms with E-state index in [1.807, 2.05) is 26.0 Å². The van der Waals surface area contributed by atoms with Crippen LogP contribution in [0.5, 0.6) is 0 Å². The Morgan fingerprint density at radius 1 is 0.739 bits per heavy atom. The number of carbonyl (C=O) groups excluding carboxylic acids is 2. The molecule has 0 heterocycles. The fourth-order valence-corrected chi connectivity index (χ4v) is 10.1. The zero-order valence-corrected chi connectivity index (χ0v) is 17.2. The maximum absolute atomic E-state index is 12.3. The van der Waals surface area contributed by atoms with Gasteiger partial charge in [0.1, 0.15) is 0 Å². The normalized spacial score (nSPS) is 10.9. The molecule has 0 saturated heterocycles. The first-order valence-electron chi connectivity index (χ1n) is 7.67. The van der Waals surface area contributed by atoms with Crippen LogP contribution >= 0.6 is 0 Å². The van der Waals surface area contributed by atoms with Crippen molar-refractivity contribution in [2.75, 3.05) is 0 Å². The molecule has 0 aliphatic carbocycles. The Hall–Kier alpha value is -1.70. The molecule has 0 bridgehead atoms. The molecular formula is C18H20O4Pb. The topological polar surface area (TPSA) is 52.6 Å². The molecule has 2 rings (SSSR count). The van der Waals surface area contributed by atoms with E-state index in [1.165, 1.54) is 0 Å². The number of hydrogen-bond donors (Lipinski definition) is 0. The molecule has 0 radical (unpaired) electrons. The van der Waals surface area contributed by atoms with Crippen LogP contribution in [0, 0.1) is 0 Å². The SMILES string of the molecule is C[CH2][Pb]([CH2]C)([O]C(=O)c1ccccc1)[O]C(=O)c1ccccc1. The van der Waals surface area contributed by atoms with Gasteiger partial charge in [-0.1, -0.05) is 0 Å². The Kier molecular flexibility index (Phi) is 6.32. The number of benzene rings is 2. The molecule has 2 aromatic carbocycles. The summed E-state index contributed by atoms with van der Waals surface area (Å²) in [5.74, 6) is -0.811.